The van der Waals surface area contributed by atoms with Gasteiger partial charge in [-0.05, 0) is 42.7 Å². The van der Waals surface area contributed by atoms with Crippen LogP contribution >= 0.6 is 0 Å². The number of sulfonamides is 1. The van der Waals surface area contributed by atoms with Gasteiger partial charge in [-0.25, -0.2) is 13.1 Å². The van der Waals surface area contributed by atoms with E-state index >= 15 is 0 Å². The van der Waals surface area contributed by atoms with Crippen molar-refractivity contribution < 1.29 is 13.2 Å². The van der Waals surface area contributed by atoms with E-state index in [1.54, 1.807) is 33.0 Å². The van der Waals surface area contributed by atoms with Crippen molar-refractivity contribution in [2.75, 3.05) is 7.05 Å². The lowest BCUT2D eigenvalue weighted by Gasteiger charge is -2.13. The summed E-state index contributed by atoms with van der Waals surface area (Å²) in [5.41, 5.74) is 3.41. The van der Waals surface area contributed by atoms with Gasteiger partial charge in [0.15, 0.2) is 0 Å². The van der Waals surface area contributed by atoms with Crippen LogP contribution in [-0.4, -0.2) is 27.4 Å². The molecule has 2 aromatic rings. The normalized spacial score (nSPS) is 11.6. The molecule has 0 heterocycles. The van der Waals surface area contributed by atoms with E-state index in [9.17, 15) is 13.2 Å². The molecular weight excluding hydrogens is 362 g/mol. The van der Waals surface area contributed by atoms with Crippen molar-refractivity contribution in [3.63, 3.8) is 0 Å². The highest BCUT2D eigenvalue weighted by molar-refractivity contribution is 7.88. The molecule has 0 bridgehead atoms. The van der Waals surface area contributed by atoms with Gasteiger partial charge in [-0.15, -0.1) is 0 Å². The molecule has 0 radical (unpaired) electrons. The van der Waals surface area contributed by atoms with E-state index in [0.29, 0.717) is 18.7 Å². The summed E-state index contributed by atoms with van der Waals surface area (Å²) in [6.45, 7) is 4.80. The molecular formula is C20H27N3O3S. The van der Waals surface area contributed by atoms with Gasteiger partial charge in [-0.2, -0.15) is 0 Å². The summed E-state index contributed by atoms with van der Waals surface area (Å²) in [7, 11) is -1.76. The van der Waals surface area contributed by atoms with E-state index < -0.39 is 10.0 Å². The van der Waals surface area contributed by atoms with Crippen LogP contribution in [0.4, 0.5) is 0 Å². The van der Waals surface area contributed by atoms with Crippen LogP contribution in [0.2, 0.25) is 0 Å². The van der Waals surface area contributed by atoms with Gasteiger partial charge in [0.25, 0.3) is 5.91 Å². The van der Waals surface area contributed by atoms with Crippen LogP contribution in [0.3, 0.4) is 0 Å². The first-order chi connectivity index (χ1) is 12.8. The Labute approximate surface area is 161 Å². The maximum Gasteiger partial charge on any atom is 0.251 e. The molecule has 0 aliphatic heterocycles. The van der Waals surface area contributed by atoms with Crippen molar-refractivity contribution in [3.05, 3.63) is 70.8 Å². The number of rotatable bonds is 9. The molecule has 1 amide bonds. The van der Waals surface area contributed by atoms with Gasteiger partial charge in [0, 0.05) is 31.7 Å². The quantitative estimate of drug-likeness (QED) is 0.613. The Bertz CT molecular complexity index is 862. The maximum absolute atomic E-state index is 12.2. The summed E-state index contributed by atoms with van der Waals surface area (Å²) in [6.07, 6.45) is 0. The van der Waals surface area contributed by atoms with E-state index in [1.807, 2.05) is 36.4 Å². The zero-order valence-electron chi connectivity index (χ0n) is 16.0. The fraction of sp³-hybridized carbons (Fsp3) is 0.350. The number of amides is 1. The Kier molecular flexibility index (Phi) is 7.53. The van der Waals surface area contributed by atoms with Crippen LogP contribution in [0.1, 0.15) is 40.9 Å². The molecule has 0 spiro atoms. The van der Waals surface area contributed by atoms with E-state index in [1.165, 1.54) is 0 Å². The third-order valence-electron chi connectivity index (χ3n) is 3.97. The fourth-order valence-electron chi connectivity index (χ4n) is 2.74. The van der Waals surface area contributed by atoms with Gasteiger partial charge >= 0.3 is 0 Å². The highest BCUT2D eigenvalue weighted by atomic mass is 32.2. The van der Waals surface area contributed by atoms with Crippen LogP contribution in [-0.2, 0) is 28.9 Å². The predicted molar refractivity (Wildman–Crippen MR) is 108 cm³/mol. The number of benzene rings is 2. The minimum absolute atomic E-state index is 0.0378. The van der Waals surface area contributed by atoms with Crippen LogP contribution in [0.15, 0.2) is 48.5 Å². The molecule has 2 aromatic carbocycles. The zero-order chi connectivity index (χ0) is 19.9. The monoisotopic (exact) mass is 389 g/mol. The second kappa shape index (κ2) is 9.64. The van der Waals surface area contributed by atoms with Crippen LogP contribution in [0.25, 0.3) is 0 Å². The summed E-state index contributed by atoms with van der Waals surface area (Å²) in [6, 6.07) is 14.8. The molecule has 3 N–H and O–H groups in total. The fourth-order valence-corrected chi connectivity index (χ4v) is 4.23. The van der Waals surface area contributed by atoms with Gasteiger partial charge in [0.2, 0.25) is 10.0 Å². The van der Waals surface area contributed by atoms with E-state index in [4.69, 9.17) is 0 Å². The smallest absolute Gasteiger partial charge is 0.251 e. The Morgan fingerprint density at radius 1 is 0.963 bits per heavy atom. The standard InChI is InChI=1S/C20H27N3O3S/c1-15(2)23-27(25,26)14-19-7-5-4-6-18(19)13-22-12-16-8-10-17(11-9-16)20(24)21-3/h4-11,15,22-23H,12-14H2,1-3H3,(H,21,24). The first kappa shape index (κ1) is 21.1. The van der Waals surface area contributed by atoms with Gasteiger partial charge in [0.05, 0.1) is 5.75 Å². The first-order valence-corrected chi connectivity index (χ1v) is 10.5. The second-order valence-corrected chi connectivity index (χ2v) is 8.43. The molecule has 0 fully saturated rings. The molecule has 0 aliphatic rings. The molecule has 146 valence electrons. The molecule has 0 saturated heterocycles. The molecule has 27 heavy (non-hydrogen) atoms. The van der Waals surface area contributed by atoms with E-state index in [-0.39, 0.29) is 17.7 Å². The van der Waals surface area contributed by atoms with Crippen LogP contribution < -0.4 is 15.4 Å². The SMILES string of the molecule is CNC(=O)c1ccc(CNCc2ccccc2CS(=O)(=O)NC(C)C)cc1. The Hall–Kier alpha value is -2.22. The minimum Gasteiger partial charge on any atom is -0.355 e. The van der Waals surface area contributed by atoms with Crippen molar-refractivity contribution in [1.82, 2.24) is 15.4 Å². The average molecular weight is 390 g/mol. The second-order valence-electron chi connectivity index (χ2n) is 6.68. The molecule has 0 unspecified atom stereocenters. The number of carbonyl (C=O) groups is 1. The van der Waals surface area contributed by atoms with Gasteiger partial charge in [0.1, 0.15) is 0 Å². The van der Waals surface area contributed by atoms with Crippen molar-refractivity contribution in [3.8, 4) is 0 Å². The molecule has 0 saturated carbocycles. The Morgan fingerprint density at radius 3 is 2.19 bits per heavy atom. The largest absolute Gasteiger partial charge is 0.355 e. The molecule has 0 aliphatic carbocycles. The van der Waals surface area contributed by atoms with Gasteiger partial charge in [-0.3, -0.25) is 4.79 Å². The third kappa shape index (κ3) is 6.78. The third-order valence-corrected chi connectivity index (χ3v) is 5.49. The first-order valence-electron chi connectivity index (χ1n) is 8.89. The summed E-state index contributed by atoms with van der Waals surface area (Å²) in [5.74, 6) is -0.149. The number of hydrogen-bond donors (Lipinski definition) is 3. The minimum atomic E-state index is -3.36. The summed E-state index contributed by atoms with van der Waals surface area (Å²) in [5, 5.41) is 5.92. The van der Waals surface area contributed by atoms with Crippen molar-refractivity contribution in [1.29, 1.82) is 0 Å². The van der Waals surface area contributed by atoms with Gasteiger partial charge < -0.3 is 10.6 Å². The highest BCUT2D eigenvalue weighted by Crippen LogP contribution is 2.13. The summed E-state index contributed by atoms with van der Waals surface area (Å²) >= 11 is 0. The van der Waals surface area contributed by atoms with Crippen LogP contribution in [0.5, 0.6) is 0 Å². The molecule has 7 heteroatoms. The highest BCUT2D eigenvalue weighted by Gasteiger charge is 2.15. The lowest BCUT2D eigenvalue weighted by atomic mass is 10.1. The maximum atomic E-state index is 12.2. The lowest BCUT2D eigenvalue weighted by molar-refractivity contribution is 0.0963. The van der Waals surface area contributed by atoms with Crippen molar-refractivity contribution in [2.24, 2.45) is 0 Å². The van der Waals surface area contributed by atoms with Crippen LogP contribution in [0, 0.1) is 0 Å². The summed E-state index contributed by atoms with van der Waals surface area (Å²) in [4.78, 5) is 11.6. The molecule has 2 rings (SSSR count). The Balaban J connectivity index is 1.97. The van der Waals surface area contributed by atoms with Crippen molar-refractivity contribution >= 4 is 15.9 Å². The molecule has 0 aromatic heterocycles. The van der Waals surface area contributed by atoms with E-state index in [0.717, 1.165) is 16.7 Å². The molecule has 0 atom stereocenters. The van der Waals surface area contributed by atoms with Crippen molar-refractivity contribution in [2.45, 2.75) is 38.7 Å². The number of hydrogen-bond acceptors (Lipinski definition) is 4. The topological polar surface area (TPSA) is 87.3 Å². The van der Waals surface area contributed by atoms with E-state index in [2.05, 4.69) is 15.4 Å². The lowest BCUT2D eigenvalue weighted by Crippen LogP contribution is -2.31. The average Bonchev–Trinajstić information content (AvgIpc) is 2.61. The number of carbonyl (C=O) groups excluding carboxylic acids is 1. The van der Waals surface area contributed by atoms with Gasteiger partial charge in [-0.1, -0.05) is 36.4 Å². The molecule has 6 nitrogen and oxygen atoms in total. The zero-order valence-corrected chi connectivity index (χ0v) is 16.8. The summed E-state index contributed by atoms with van der Waals surface area (Å²) < 4.78 is 27.0. The number of nitrogens with one attached hydrogen (secondary N) is 3. The predicted octanol–water partition coefficient (Wildman–Crippen LogP) is 2.16. The Morgan fingerprint density at radius 2 is 1.59 bits per heavy atom.